The summed E-state index contributed by atoms with van der Waals surface area (Å²) in [5.41, 5.74) is 5.18. The SMILES string of the molecule is C/C=C(\NC(C)c1ccccc1CC)C1CC(C)(C)CC(C)(C)C1. The lowest BCUT2D eigenvalue weighted by Gasteiger charge is -2.46. The Hall–Kier alpha value is -1.24. The predicted octanol–water partition coefficient (Wildman–Crippen LogP) is 6.66. The zero-order valence-electron chi connectivity index (χ0n) is 16.9. The molecule has 0 aliphatic heterocycles. The van der Waals surface area contributed by atoms with E-state index in [0.29, 0.717) is 22.8 Å². The average Bonchev–Trinajstić information content (AvgIpc) is 2.49. The fourth-order valence-electron chi connectivity index (χ4n) is 5.11. The van der Waals surface area contributed by atoms with Gasteiger partial charge in [-0.3, -0.25) is 0 Å². The highest BCUT2D eigenvalue weighted by atomic mass is 14.9. The van der Waals surface area contributed by atoms with E-state index >= 15 is 0 Å². The standard InChI is InChI=1S/C23H37N/c1-8-18-12-10-11-13-20(18)17(3)24-21(9-2)19-14-22(4,5)16-23(6,7)15-19/h9-13,17,19,24H,8,14-16H2,1-7H3/b21-9-. The van der Waals surface area contributed by atoms with E-state index in [-0.39, 0.29) is 0 Å². The molecule has 0 saturated heterocycles. The number of hydrogen-bond acceptors (Lipinski definition) is 1. The molecule has 1 heteroatoms. The molecule has 1 aromatic rings. The third-order valence-corrected chi connectivity index (χ3v) is 5.59. The van der Waals surface area contributed by atoms with Crippen LogP contribution < -0.4 is 5.32 Å². The van der Waals surface area contributed by atoms with Crippen molar-refractivity contribution >= 4 is 0 Å². The molecule has 1 nitrogen and oxygen atoms in total. The van der Waals surface area contributed by atoms with Crippen molar-refractivity contribution in [3.05, 3.63) is 47.2 Å². The van der Waals surface area contributed by atoms with E-state index in [1.165, 1.54) is 36.1 Å². The molecule has 0 bridgehead atoms. The third kappa shape index (κ3) is 4.65. The number of hydrogen-bond donors (Lipinski definition) is 1. The summed E-state index contributed by atoms with van der Waals surface area (Å²) in [6.07, 6.45) is 7.29. The van der Waals surface area contributed by atoms with Crippen LogP contribution in [0.15, 0.2) is 36.0 Å². The van der Waals surface area contributed by atoms with Crippen molar-refractivity contribution in [2.24, 2.45) is 16.7 Å². The van der Waals surface area contributed by atoms with Gasteiger partial charge in [0.2, 0.25) is 0 Å². The average molecular weight is 328 g/mol. The lowest BCUT2D eigenvalue weighted by Crippen LogP contribution is -2.37. The van der Waals surface area contributed by atoms with E-state index in [4.69, 9.17) is 0 Å². The Morgan fingerprint density at radius 1 is 1.17 bits per heavy atom. The van der Waals surface area contributed by atoms with E-state index in [9.17, 15) is 0 Å². The first-order chi connectivity index (χ1) is 11.2. The van der Waals surface area contributed by atoms with Gasteiger partial charge in [-0.25, -0.2) is 0 Å². The van der Waals surface area contributed by atoms with Crippen LogP contribution in [0.4, 0.5) is 0 Å². The molecule has 1 aliphatic carbocycles. The number of aryl methyl sites for hydroxylation is 1. The fraction of sp³-hybridized carbons (Fsp3) is 0.652. The molecule has 134 valence electrons. The minimum Gasteiger partial charge on any atom is -0.382 e. The molecule has 1 N–H and O–H groups in total. The molecule has 1 aromatic carbocycles. The maximum Gasteiger partial charge on any atom is 0.0485 e. The second-order valence-corrected chi connectivity index (χ2v) is 9.27. The van der Waals surface area contributed by atoms with Crippen LogP contribution >= 0.6 is 0 Å². The van der Waals surface area contributed by atoms with Crippen LogP contribution in [-0.4, -0.2) is 0 Å². The molecule has 1 fully saturated rings. The second-order valence-electron chi connectivity index (χ2n) is 9.27. The molecule has 1 aliphatic rings. The first kappa shape index (κ1) is 19.1. The van der Waals surface area contributed by atoms with Crippen LogP contribution in [0.5, 0.6) is 0 Å². The Bertz CT molecular complexity index is 563. The first-order valence-electron chi connectivity index (χ1n) is 9.68. The zero-order chi connectivity index (χ0) is 18.0. The van der Waals surface area contributed by atoms with Crippen molar-refractivity contribution in [2.75, 3.05) is 0 Å². The molecule has 1 unspecified atom stereocenters. The smallest absolute Gasteiger partial charge is 0.0485 e. The fourth-order valence-corrected chi connectivity index (χ4v) is 5.11. The maximum absolute atomic E-state index is 3.86. The van der Waals surface area contributed by atoms with E-state index < -0.39 is 0 Å². The van der Waals surface area contributed by atoms with Gasteiger partial charge < -0.3 is 5.32 Å². The Balaban J connectivity index is 2.17. The van der Waals surface area contributed by atoms with Crippen LogP contribution in [0, 0.1) is 16.7 Å². The highest BCUT2D eigenvalue weighted by Crippen LogP contribution is 2.50. The lowest BCUT2D eigenvalue weighted by molar-refractivity contribution is 0.0785. The van der Waals surface area contributed by atoms with E-state index in [2.05, 4.69) is 84.1 Å². The topological polar surface area (TPSA) is 12.0 Å². The zero-order valence-corrected chi connectivity index (χ0v) is 16.9. The van der Waals surface area contributed by atoms with Gasteiger partial charge in [0, 0.05) is 11.7 Å². The summed E-state index contributed by atoms with van der Waals surface area (Å²) < 4.78 is 0. The van der Waals surface area contributed by atoms with Crippen molar-refractivity contribution < 1.29 is 0 Å². The number of allylic oxidation sites excluding steroid dienone is 2. The minimum atomic E-state index is 0.362. The number of benzene rings is 1. The highest BCUT2D eigenvalue weighted by molar-refractivity contribution is 5.30. The van der Waals surface area contributed by atoms with Gasteiger partial charge in [0.25, 0.3) is 0 Å². The van der Waals surface area contributed by atoms with Crippen molar-refractivity contribution in [3.8, 4) is 0 Å². The summed E-state index contributed by atoms with van der Waals surface area (Å²) >= 11 is 0. The molecule has 1 atom stereocenters. The van der Waals surface area contributed by atoms with Gasteiger partial charge in [0.1, 0.15) is 0 Å². The summed E-state index contributed by atoms with van der Waals surface area (Å²) in [6.45, 7) is 16.5. The molecular weight excluding hydrogens is 290 g/mol. The molecule has 1 saturated carbocycles. The van der Waals surface area contributed by atoms with E-state index in [1.54, 1.807) is 0 Å². The predicted molar refractivity (Wildman–Crippen MR) is 106 cm³/mol. The van der Waals surface area contributed by atoms with Crippen molar-refractivity contribution in [3.63, 3.8) is 0 Å². The molecular formula is C23H37N. The molecule has 0 heterocycles. The third-order valence-electron chi connectivity index (χ3n) is 5.59. The van der Waals surface area contributed by atoms with E-state index in [1.807, 2.05) is 0 Å². The van der Waals surface area contributed by atoms with Gasteiger partial charge in [0.05, 0.1) is 0 Å². The Labute approximate surface area is 149 Å². The first-order valence-corrected chi connectivity index (χ1v) is 9.68. The van der Waals surface area contributed by atoms with Crippen LogP contribution in [-0.2, 0) is 6.42 Å². The van der Waals surface area contributed by atoms with Gasteiger partial charge >= 0.3 is 0 Å². The number of nitrogens with one attached hydrogen (secondary N) is 1. The summed E-state index contributed by atoms with van der Waals surface area (Å²) in [7, 11) is 0. The summed E-state index contributed by atoms with van der Waals surface area (Å²) in [5.74, 6) is 0.644. The minimum absolute atomic E-state index is 0.362. The molecule has 0 radical (unpaired) electrons. The monoisotopic (exact) mass is 327 g/mol. The van der Waals surface area contributed by atoms with Crippen molar-refractivity contribution in [1.82, 2.24) is 5.32 Å². The van der Waals surface area contributed by atoms with Crippen LogP contribution in [0.2, 0.25) is 0 Å². The summed E-state index contributed by atoms with van der Waals surface area (Å²) in [6, 6.07) is 9.21. The Morgan fingerprint density at radius 2 is 1.75 bits per heavy atom. The van der Waals surface area contributed by atoms with Gasteiger partial charge in [-0.1, -0.05) is 65.0 Å². The Morgan fingerprint density at radius 3 is 2.29 bits per heavy atom. The number of rotatable bonds is 5. The normalized spacial score (nSPS) is 22.2. The van der Waals surface area contributed by atoms with Gasteiger partial charge in [-0.15, -0.1) is 0 Å². The summed E-state index contributed by atoms with van der Waals surface area (Å²) in [5, 5.41) is 3.86. The van der Waals surface area contributed by atoms with Crippen molar-refractivity contribution in [1.29, 1.82) is 0 Å². The quantitative estimate of drug-likeness (QED) is 0.638. The van der Waals surface area contributed by atoms with Crippen LogP contribution in [0.3, 0.4) is 0 Å². The van der Waals surface area contributed by atoms with E-state index in [0.717, 1.165) is 6.42 Å². The van der Waals surface area contributed by atoms with Crippen LogP contribution in [0.25, 0.3) is 0 Å². The highest BCUT2D eigenvalue weighted by Gasteiger charge is 2.39. The molecule has 2 rings (SSSR count). The molecule has 24 heavy (non-hydrogen) atoms. The van der Waals surface area contributed by atoms with Gasteiger partial charge in [-0.05, 0) is 67.4 Å². The second kappa shape index (κ2) is 7.33. The Kier molecular flexibility index (Phi) is 5.83. The summed E-state index contributed by atoms with van der Waals surface area (Å²) in [4.78, 5) is 0. The molecule has 0 spiro atoms. The maximum atomic E-state index is 3.86. The largest absolute Gasteiger partial charge is 0.382 e. The molecule has 0 aromatic heterocycles. The van der Waals surface area contributed by atoms with Gasteiger partial charge in [0.15, 0.2) is 0 Å². The molecule has 0 amide bonds. The van der Waals surface area contributed by atoms with Crippen LogP contribution in [0.1, 0.15) is 84.9 Å². The van der Waals surface area contributed by atoms with Gasteiger partial charge in [-0.2, -0.15) is 0 Å². The lowest BCUT2D eigenvalue weighted by atomic mass is 9.61. The van der Waals surface area contributed by atoms with Crippen molar-refractivity contribution in [2.45, 2.75) is 80.2 Å².